The zero-order chi connectivity index (χ0) is 20.7. The first-order valence-electron chi connectivity index (χ1n) is 11.0. The number of hydrogen-bond acceptors (Lipinski definition) is 4. The Morgan fingerprint density at radius 3 is 2.52 bits per heavy atom. The summed E-state index contributed by atoms with van der Waals surface area (Å²) in [5.74, 6) is -0.534. The van der Waals surface area contributed by atoms with Gasteiger partial charge in [0.1, 0.15) is 0 Å². The monoisotopic (exact) mass is 417 g/mol. The molecule has 6 heteroatoms. The Bertz CT molecular complexity index is 686. The summed E-state index contributed by atoms with van der Waals surface area (Å²) >= 11 is 1.85. The Morgan fingerprint density at radius 1 is 1.14 bits per heavy atom. The molecule has 1 saturated heterocycles. The highest BCUT2D eigenvalue weighted by Crippen LogP contribution is 2.44. The van der Waals surface area contributed by atoms with Gasteiger partial charge in [0.05, 0.1) is 0 Å². The average molecular weight is 418 g/mol. The van der Waals surface area contributed by atoms with Gasteiger partial charge in [-0.2, -0.15) is 0 Å². The molecule has 1 aliphatic heterocycles. The SMILES string of the molecule is CCCN1CCC(CNC(=O)C(=O)NCC2(Sc3ccc(C)cc3)CCCC2)C1. The molecule has 2 N–H and O–H groups in total. The molecule has 2 aliphatic rings. The fourth-order valence-corrected chi connectivity index (χ4v) is 5.84. The summed E-state index contributed by atoms with van der Waals surface area (Å²) in [5.41, 5.74) is 1.25. The zero-order valence-electron chi connectivity index (χ0n) is 17.8. The van der Waals surface area contributed by atoms with Gasteiger partial charge in [0, 0.05) is 29.3 Å². The quantitative estimate of drug-likeness (QED) is 0.637. The fourth-order valence-electron chi connectivity index (χ4n) is 4.43. The van der Waals surface area contributed by atoms with Crippen molar-refractivity contribution in [1.29, 1.82) is 0 Å². The van der Waals surface area contributed by atoms with E-state index in [0.29, 0.717) is 19.0 Å². The summed E-state index contributed by atoms with van der Waals surface area (Å²) in [5, 5.41) is 5.77. The van der Waals surface area contributed by atoms with Crippen molar-refractivity contribution < 1.29 is 9.59 Å². The van der Waals surface area contributed by atoms with Gasteiger partial charge >= 0.3 is 11.8 Å². The summed E-state index contributed by atoms with van der Waals surface area (Å²) < 4.78 is -0.00267. The van der Waals surface area contributed by atoms with Crippen LogP contribution in [-0.4, -0.2) is 54.2 Å². The maximum absolute atomic E-state index is 12.4. The normalized spacial score (nSPS) is 21.2. The molecule has 1 atom stereocenters. The third-order valence-corrected chi connectivity index (χ3v) is 7.60. The molecule has 160 valence electrons. The van der Waals surface area contributed by atoms with E-state index in [2.05, 4.69) is 53.6 Å². The molecule has 2 amide bonds. The lowest BCUT2D eigenvalue weighted by Gasteiger charge is -2.28. The van der Waals surface area contributed by atoms with Crippen molar-refractivity contribution >= 4 is 23.6 Å². The third-order valence-electron chi connectivity index (χ3n) is 6.11. The number of amides is 2. The van der Waals surface area contributed by atoms with Crippen LogP contribution in [0, 0.1) is 12.8 Å². The number of carbonyl (C=O) groups excluding carboxylic acids is 2. The molecule has 1 aromatic carbocycles. The number of aryl methyl sites for hydroxylation is 1. The van der Waals surface area contributed by atoms with Gasteiger partial charge in [-0.25, -0.2) is 0 Å². The predicted octanol–water partition coefficient (Wildman–Crippen LogP) is 3.36. The maximum Gasteiger partial charge on any atom is 0.309 e. The minimum absolute atomic E-state index is 0.00267. The van der Waals surface area contributed by atoms with Crippen molar-refractivity contribution in [1.82, 2.24) is 15.5 Å². The molecular weight excluding hydrogens is 382 g/mol. The van der Waals surface area contributed by atoms with Gasteiger partial charge in [0.25, 0.3) is 0 Å². The number of nitrogens with zero attached hydrogens (tertiary/aromatic N) is 1. The van der Waals surface area contributed by atoms with E-state index in [9.17, 15) is 9.59 Å². The van der Waals surface area contributed by atoms with E-state index >= 15 is 0 Å². The standard InChI is InChI=1S/C23H35N3O2S/c1-3-13-26-14-10-19(16-26)15-24-21(27)22(28)25-17-23(11-4-5-12-23)29-20-8-6-18(2)7-9-20/h6-9,19H,3-5,10-17H2,1-2H3,(H,24,27)(H,25,28). The number of hydrogen-bond donors (Lipinski definition) is 2. The van der Waals surface area contributed by atoms with Crippen LogP contribution in [0.3, 0.4) is 0 Å². The number of nitrogens with one attached hydrogen (secondary N) is 2. The van der Waals surface area contributed by atoms with Crippen LogP contribution < -0.4 is 10.6 Å². The number of benzene rings is 1. The molecule has 29 heavy (non-hydrogen) atoms. The van der Waals surface area contributed by atoms with Crippen molar-refractivity contribution in [2.45, 2.75) is 62.0 Å². The van der Waals surface area contributed by atoms with Gasteiger partial charge in [-0.1, -0.05) is 37.5 Å². The number of carbonyl (C=O) groups is 2. The van der Waals surface area contributed by atoms with Crippen LogP contribution >= 0.6 is 11.8 Å². The topological polar surface area (TPSA) is 61.4 Å². The van der Waals surface area contributed by atoms with Gasteiger partial charge in [0.2, 0.25) is 0 Å². The van der Waals surface area contributed by atoms with Crippen LogP contribution in [0.25, 0.3) is 0 Å². The van der Waals surface area contributed by atoms with Gasteiger partial charge in [-0.05, 0) is 63.7 Å². The van der Waals surface area contributed by atoms with E-state index in [1.807, 2.05) is 11.8 Å². The summed E-state index contributed by atoms with van der Waals surface area (Å²) in [6.07, 6.45) is 6.75. The van der Waals surface area contributed by atoms with Crippen molar-refractivity contribution in [3.05, 3.63) is 29.8 Å². The highest BCUT2D eigenvalue weighted by molar-refractivity contribution is 8.00. The summed E-state index contributed by atoms with van der Waals surface area (Å²) in [6.45, 7) is 8.65. The number of rotatable bonds is 8. The van der Waals surface area contributed by atoms with Gasteiger partial charge in [-0.3, -0.25) is 9.59 Å². The second kappa shape index (κ2) is 10.5. The van der Waals surface area contributed by atoms with E-state index < -0.39 is 11.8 Å². The van der Waals surface area contributed by atoms with Crippen LogP contribution in [-0.2, 0) is 9.59 Å². The molecule has 1 aromatic rings. The van der Waals surface area contributed by atoms with Crippen molar-refractivity contribution in [2.75, 3.05) is 32.7 Å². The van der Waals surface area contributed by atoms with Crippen molar-refractivity contribution in [2.24, 2.45) is 5.92 Å². The Morgan fingerprint density at radius 2 is 1.83 bits per heavy atom. The summed E-state index contributed by atoms with van der Waals surface area (Å²) in [6, 6.07) is 8.55. The molecule has 1 saturated carbocycles. The molecule has 1 aliphatic carbocycles. The molecule has 5 nitrogen and oxygen atoms in total. The molecule has 0 radical (unpaired) electrons. The Hall–Kier alpha value is -1.53. The summed E-state index contributed by atoms with van der Waals surface area (Å²) in [4.78, 5) is 28.3. The lowest BCUT2D eigenvalue weighted by atomic mass is 10.1. The van der Waals surface area contributed by atoms with Gasteiger partial charge < -0.3 is 15.5 Å². The molecule has 2 fully saturated rings. The van der Waals surface area contributed by atoms with Crippen LogP contribution in [0.1, 0.15) is 51.0 Å². The van der Waals surface area contributed by atoms with Crippen molar-refractivity contribution in [3.63, 3.8) is 0 Å². The number of thioether (sulfide) groups is 1. The molecule has 0 aromatic heterocycles. The second-order valence-corrected chi connectivity index (χ2v) is 10.2. The largest absolute Gasteiger partial charge is 0.348 e. The van der Waals surface area contributed by atoms with Crippen LogP contribution in [0.2, 0.25) is 0 Å². The smallest absolute Gasteiger partial charge is 0.309 e. The first-order chi connectivity index (χ1) is 14.0. The van der Waals surface area contributed by atoms with Crippen LogP contribution in [0.5, 0.6) is 0 Å². The highest BCUT2D eigenvalue weighted by Gasteiger charge is 2.36. The first-order valence-corrected chi connectivity index (χ1v) is 11.9. The van der Waals surface area contributed by atoms with E-state index in [1.54, 1.807) is 0 Å². The lowest BCUT2D eigenvalue weighted by Crippen LogP contribution is -2.46. The zero-order valence-corrected chi connectivity index (χ0v) is 18.7. The minimum Gasteiger partial charge on any atom is -0.348 e. The fraction of sp³-hybridized carbons (Fsp3) is 0.652. The van der Waals surface area contributed by atoms with Gasteiger partial charge in [0.15, 0.2) is 0 Å². The maximum atomic E-state index is 12.4. The molecular formula is C23H35N3O2S. The second-order valence-electron chi connectivity index (χ2n) is 8.65. The van der Waals surface area contributed by atoms with E-state index in [1.165, 1.54) is 23.3 Å². The van der Waals surface area contributed by atoms with Crippen LogP contribution in [0.4, 0.5) is 0 Å². The Labute approximate surface area is 179 Å². The molecule has 0 spiro atoms. The van der Waals surface area contributed by atoms with E-state index in [-0.39, 0.29) is 4.75 Å². The van der Waals surface area contributed by atoms with Crippen molar-refractivity contribution in [3.8, 4) is 0 Å². The van der Waals surface area contributed by atoms with Gasteiger partial charge in [-0.15, -0.1) is 11.8 Å². The third kappa shape index (κ3) is 6.48. The van der Waals surface area contributed by atoms with Crippen LogP contribution in [0.15, 0.2) is 29.2 Å². The highest BCUT2D eigenvalue weighted by atomic mass is 32.2. The molecule has 0 bridgehead atoms. The van der Waals surface area contributed by atoms with E-state index in [4.69, 9.17) is 0 Å². The Balaban J connectivity index is 1.45. The molecule has 1 unspecified atom stereocenters. The first kappa shape index (κ1) is 22.2. The van der Waals surface area contributed by atoms with E-state index in [0.717, 1.165) is 45.3 Å². The Kier molecular flexibility index (Phi) is 8.01. The minimum atomic E-state index is -0.496. The average Bonchev–Trinajstić information content (AvgIpc) is 3.36. The summed E-state index contributed by atoms with van der Waals surface area (Å²) in [7, 11) is 0. The predicted molar refractivity (Wildman–Crippen MR) is 119 cm³/mol. The number of likely N-dealkylation sites (tertiary alicyclic amines) is 1. The molecule has 3 rings (SSSR count). The molecule has 1 heterocycles. The lowest BCUT2D eigenvalue weighted by molar-refractivity contribution is -0.139.